The van der Waals surface area contributed by atoms with E-state index in [9.17, 15) is 14.9 Å². The number of aryl methyl sites for hydroxylation is 1. The molecule has 3 rings (SSSR count). The second-order valence-corrected chi connectivity index (χ2v) is 6.11. The number of nitrogens with one attached hydrogen (secondary N) is 1. The van der Waals surface area contributed by atoms with Gasteiger partial charge in [-0.3, -0.25) is 19.8 Å². The van der Waals surface area contributed by atoms with Gasteiger partial charge in [-0.2, -0.15) is 0 Å². The van der Waals surface area contributed by atoms with Crippen LogP contribution in [0.5, 0.6) is 0 Å². The van der Waals surface area contributed by atoms with E-state index < -0.39 is 4.92 Å². The van der Waals surface area contributed by atoms with Gasteiger partial charge in [0.25, 0.3) is 5.69 Å². The van der Waals surface area contributed by atoms with Crippen LogP contribution in [-0.2, 0) is 17.9 Å². The predicted molar refractivity (Wildman–Crippen MR) is 98.0 cm³/mol. The van der Waals surface area contributed by atoms with Crippen LogP contribution in [0.2, 0.25) is 0 Å². The summed E-state index contributed by atoms with van der Waals surface area (Å²) in [7, 11) is 0. The van der Waals surface area contributed by atoms with E-state index in [1.165, 1.54) is 12.1 Å². The molecule has 1 N–H and O–H groups in total. The standard InChI is InChI=1S/C19H19N3O5/c1-14-6-7-15(22(24)25)10-18(14)20-19(23)13-21(11-16-4-2-8-26-16)12-17-5-3-9-27-17/h2-10H,11-13H2,1H3,(H,20,23). The first-order chi connectivity index (χ1) is 13.0. The zero-order valence-electron chi connectivity index (χ0n) is 14.8. The number of nitro benzene ring substituents is 1. The van der Waals surface area contributed by atoms with E-state index in [1.807, 2.05) is 17.0 Å². The lowest BCUT2D eigenvalue weighted by molar-refractivity contribution is -0.384. The summed E-state index contributed by atoms with van der Waals surface area (Å²) in [5.74, 6) is 1.17. The molecule has 2 aromatic heterocycles. The van der Waals surface area contributed by atoms with Crippen LogP contribution in [0.1, 0.15) is 17.1 Å². The van der Waals surface area contributed by atoms with Crippen molar-refractivity contribution in [3.05, 3.63) is 82.2 Å². The summed E-state index contributed by atoms with van der Waals surface area (Å²) in [5, 5.41) is 13.7. The van der Waals surface area contributed by atoms with Gasteiger partial charge >= 0.3 is 0 Å². The molecule has 8 heteroatoms. The minimum atomic E-state index is -0.491. The molecule has 0 unspecified atom stereocenters. The first-order valence-corrected chi connectivity index (χ1v) is 8.33. The van der Waals surface area contributed by atoms with Crippen molar-refractivity contribution in [3.63, 3.8) is 0 Å². The van der Waals surface area contributed by atoms with Crippen LogP contribution in [0.25, 0.3) is 0 Å². The van der Waals surface area contributed by atoms with Gasteiger partial charge in [0, 0.05) is 12.1 Å². The van der Waals surface area contributed by atoms with Gasteiger partial charge < -0.3 is 14.2 Å². The summed E-state index contributed by atoms with van der Waals surface area (Å²) in [5.41, 5.74) is 1.10. The number of carbonyl (C=O) groups excluding carboxylic acids is 1. The molecule has 0 saturated heterocycles. The summed E-state index contributed by atoms with van der Waals surface area (Å²) >= 11 is 0. The van der Waals surface area contributed by atoms with E-state index in [-0.39, 0.29) is 18.1 Å². The van der Waals surface area contributed by atoms with Crippen molar-refractivity contribution in [3.8, 4) is 0 Å². The zero-order valence-corrected chi connectivity index (χ0v) is 14.8. The van der Waals surface area contributed by atoms with E-state index in [1.54, 1.807) is 37.6 Å². The minimum absolute atomic E-state index is 0.0704. The Morgan fingerprint density at radius 1 is 1.11 bits per heavy atom. The fraction of sp³-hybridized carbons (Fsp3) is 0.211. The van der Waals surface area contributed by atoms with Gasteiger partial charge in [-0.05, 0) is 36.8 Å². The number of benzene rings is 1. The number of nitro groups is 1. The van der Waals surface area contributed by atoms with Crippen molar-refractivity contribution in [2.24, 2.45) is 0 Å². The topological polar surface area (TPSA) is 102 Å². The summed E-state index contributed by atoms with van der Waals surface area (Å²) in [6.07, 6.45) is 3.15. The molecular weight excluding hydrogens is 350 g/mol. The summed E-state index contributed by atoms with van der Waals surface area (Å²) in [6, 6.07) is 11.6. The molecule has 140 valence electrons. The van der Waals surface area contributed by atoms with E-state index in [0.717, 1.165) is 17.1 Å². The minimum Gasteiger partial charge on any atom is -0.468 e. The van der Waals surface area contributed by atoms with Gasteiger partial charge in [0.15, 0.2) is 0 Å². The first kappa shape index (κ1) is 18.4. The van der Waals surface area contributed by atoms with Crippen LogP contribution >= 0.6 is 0 Å². The molecule has 1 aromatic carbocycles. The highest BCUT2D eigenvalue weighted by atomic mass is 16.6. The Kier molecular flexibility index (Phi) is 5.68. The quantitative estimate of drug-likeness (QED) is 0.479. The van der Waals surface area contributed by atoms with Crippen LogP contribution in [0.15, 0.2) is 63.8 Å². The van der Waals surface area contributed by atoms with Crippen molar-refractivity contribution in [2.45, 2.75) is 20.0 Å². The molecular formula is C19H19N3O5. The third-order valence-electron chi connectivity index (χ3n) is 3.99. The van der Waals surface area contributed by atoms with Crippen molar-refractivity contribution in [1.82, 2.24) is 4.90 Å². The third kappa shape index (κ3) is 5.05. The highest BCUT2D eigenvalue weighted by Gasteiger charge is 2.16. The molecule has 1 amide bonds. The van der Waals surface area contributed by atoms with Crippen LogP contribution in [0, 0.1) is 17.0 Å². The number of amides is 1. The lowest BCUT2D eigenvalue weighted by Crippen LogP contribution is -2.32. The second-order valence-electron chi connectivity index (χ2n) is 6.11. The molecule has 2 heterocycles. The van der Waals surface area contributed by atoms with Crippen molar-refractivity contribution >= 4 is 17.3 Å². The van der Waals surface area contributed by atoms with E-state index in [4.69, 9.17) is 8.83 Å². The molecule has 8 nitrogen and oxygen atoms in total. The maximum Gasteiger partial charge on any atom is 0.271 e. The Morgan fingerprint density at radius 2 is 1.74 bits per heavy atom. The van der Waals surface area contributed by atoms with Gasteiger partial charge in [-0.1, -0.05) is 6.07 Å². The SMILES string of the molecule is Cc1ccc([N+](=O)[O-])cc1NC(=O)CN(Cc1ccco1)Cc1ccco1. The Labute approximate surface area is 155 Å². The van der Waals surface area contributed by atoms with Crippen LogP contribution < -0.4 is 5.32 Å². The van der Waals surface area contributed by atoms with E-state index >= 15 is 0 Å². The maximum atomic E-state index is 12.5. The monoisotopic (exact) mass is 369 g/mol. The molecule has 0 spiro atoms. The number of furan rings is 2. The number of hydrogen-bond acceptors (Lipinski definition) is 6. The fourth-order valence-corrected chi connectivity index (χ4v) is 2.66. The van der Waals surface area contributed by atoms with Crippen LogP contribution in [0.3, 0.4) is 0 Å². The molecule has 0 bridgehead atoms. The number of nitrogens with zero attached hydrogens (tertiary/aromatic N) is 2. The average Bonchev–Trinajstić information content (AvgIpc) is 3.30. The van der Waals surface area contributed by atoms with Gasteiger partial charge in [0.1, 0.15) is 11.5 Å². The average molecular weight is 369 g/mol. The van der Waals surface area contributed by atoms with Crippen molar-refractivity contribution < 1.29 is 18.6 Å². The Balaban J connectivity index is 1.70. The van der Waals surface area contributed by atoms with Gasteiger partial charge in [-0.15, -0.1) is 0 Å². The Morgan fingerprint density at radius 3 is 2.26 bits per heavy atom. The number of non-ortho nitro benzene ring substituents is 1. The number of anilines is 1. The van der Waals surface area contributed by atoms with Gasteiger partial charge in [-0.25, -0.2) is 0 Å². The smallest absolute Gasteiger partial charge is 0.271 e. The second kappa shape index (κ2) is 8.33. The number of rotatable bonds is 8. The maximum absolute atomic E-state index is 12.5. The zero-order chi connectivity index (χ0) is 19.2. The lowest BCUT2D eigenvalue weighted by Gasteiger charge is -2.20. The Bertz CT molecular complexity index is 867. The molecule has 0 fully saturated rings. The van der Waals surface area contributed by atoms with Crippen LogP contribution in [-0.4, -0.2) is 22.3 Å². The van der Waals surface area contributed by atoms with Crippen LogP contribution in [0.4, 0.5) is 11.4 Å². The number of carbonyl (C=O) groups is 1. The summed E-state index contributed by atoms with van der Waals surface area (Å²) < 4.78 is 10.7. The van der Waals surface area contributed by atoms with Crippen molar-refractivity contribution in [1.29, 1.82) is 0 Å². The van der Waals surface area contributed by atoms with Gasteiger partial charge in [0.2, 0.25) is 5.91 Å². The molecule has 0 aliphatic carbocycles. The summed E-state index contributed by atoms with van der Waals surface area (Å²) in [6.45, 7) is 2.70. The highest BCUT2D eigenvalue weighted by molar-refractivity contribution is 5.93. The molecule has 27 heavy (non-hydrogen) atoms. The van der Waals surface area contributed by atoms with Crippen molar-refractivity contribution in [2.75, 3.05) is 11.9 Å². The fourth-order valence-electron chi connectivity index (χ4n) is 2.66. The summed E-state index contributed by atoms with van der Waals surface area (Å²) in [4.78, 5) is 24.8. The molecule has 0 radical (unpaired) electrons. The lowest BCUT2D eigenvalue weighted by atomic mass is 10.2. The highest BCUT2D eigenvalue weighted by Crippen LogP contribution is 2.22. The van der Waals surface area contributed by atoms with Gasteiger partial charge in [0.05, 0.1) is 42.8 Å². The Hall–Kier alpha value is -3.39. The molecule has 0 aliphatic heterocycles. The largest absolute Gasteiger partial charge is 0.468 e. The third-order valence-corrected chi connectivity index (χ3v) is 3.99. The van der Waals surface area contributed by atoms with E-state index in [0.29, 0.717) is 18.8 Å². The molecule has 0 saturated carbocycles. The molecule has 3 aromatic rings. The molecule has 0 atom stereocenters. The normalized spacial score (nSPS) is 10.9. The number of hydrogen-bond donors (Lipinski definition) is 1. The molecule has 0 aliphatic rings. The first-order valence-electron chi connectivity index (χ1n) is 8.33. The predicted octanol–water partition coefficient (Wildman–Crippen LogP) is 3.73. The van der Waals surface area contributed by atoms with E-state index in [2.05, 4.69) is 5.32 Å².